The smallest absolute Gasteiger partial charge is 0.257 e. The Morgan fingerprint density at radius 2 is 2.00 bits per heavy atom. The molecule has 0 unspecified atom stereocenters. The van der Waals surface area contributed by atoms with Gasteiger partial charge in [0.05, 0.1) is 37.8 Å². The van der Waals surface area contributed by atoms with Crippen molar-refractivity contribution in [2.75, 3.05) is 7.11 Å². The lowest BCUT2D eigenvalue weighted by Crippen LogP contribution is -2.30. The summed E-state index contributed by atoms with van der Waals surface area (Å²) in [6, 6.07) is 14.8. The maximum absolute atomic E-state index is 14.3. The number of hydrogen-bond acceptors (Lipinski definition) is 7. The fraction of sp³-hybridized carbons (Fsp3) is 0.200. The number of carbonyl (C=O) groups excluding carboxylic acids is 1. The predicted octanol–water partition coefficient (Wildman–Crippen LogP) is 4.80. The zero-order valence-electron chi connectivity index (χ0n) is 18.4. The van der Waals surface area contributed by atoms with Gasteiger partial charge in [-0.05, 0) is 42.0 Å². The first kappa shape index (κ1) is 23.5. The summed E-state index contributed by atoms with van der Waals surface area (Å²) in [4.78, 5) is 19.0. The van der Waals surface area contributed by atoms with E-state index in [2.05, 4.69) is 4.98 Å². The number of methoxy groups -OCH3 is 1. The van der Waals surface area contributed by atoms with Gasteiger partial charge in [0.2, 0.25) is 0 Å². The van der Waals surface area contributed by atoms with Crippen molar-refractivity contribution in [2.45, 2.75) is 26.3 Å². The summed E-state index contributed by atoms with van der Waals surface area (Å²) in [5.41, 5.74) is 1.34. The summed E-state index contributed by atoms with van der Waals surface area (Å²) in [7, 11) is 1.54. The molecular formula is C25H23FN2O5S. The molecule has 0 saturated heterocycles. The van der Waals surface area contributed by atoms with E-state index in [1.54, 1.807) is 48.9 Å². The van der Waals surface area contributed by atoms with Crippen molar-refractivity contribution in [2.24, 2.45) is 0 Å². The number of aromatic nitrogens is 1. The van der Waals surface area contributed by atoms with Gasteiger partial charge in [0.1, 0.15) is 23.2 Å². The second kappa shape index (κ2) is 11.0. The number of aliphatic hydroxyl groups is 1. The number of thiazole rings is 1. The number of aliphatic hydroxyl groups excluding tert-OH is 1. The number of hydrogen-bond donors (Lipinski definition) is 1. The van der Waals surface area contributed by atoms with Crippen LogP contribution in [0.5, 0.6) is 11.5 Å². The zero-order valence-corrected chi connectivity index (χ0v) is 19.3. The van der Waals surface area contributed by atoms with E-state index in [1.165, 1.54) is 34.6 Å². The molecule has 0 saturated carbocycles. The number of furan rings is 1. The van der Waals surface area contributed by atoms with Gasteiger partial charge in [-0.25, -0.2) is 9.37 Å². The van der Waals surface area contributed by atoms with Gasteiger partial charge < -0.3 is 23.9 Å². The van der Waals surface area contributed by atoms with Crippen molar-refractivity contribution in [1.82, 2.24) is 9.88 Å². The first-order chi connectivity index (χ1) is 16.6. The van der Waals surface area contributed by atoms with Gasteiger partial charge in [0, 0.05) is 11.9 Å². The van der Waals surface area contributed by atoms with Crippen molar-refractivity contribution in [3.8, 4) is 11.5 Å². The molecule has 4 rings (SSSR count). The maximum atomic E-state index is 14.3. The number of carbonyl (C=O) groups is 1. The average molecular weight is 483 g/mol. The normalized spacial score (nSPS) is 10.8. The monoisotopic (exact) mass is 482 g/mol. The van der Waals surface area contributed by atoms with E-state index in [9.17, 15) is 14.3 Å². The molecule has 34 heavy (non-hydrogen) atoms. The van der Waals surface area contributed by atoms with Crippen LogP contribution in [0.3, 0.4) is 0 Å². The molecule has 176 valence electrons. The van der Waals surface area contributed by atoms with Gasteiger partial charge >= 0.3 is 0 Å². The largest absolute Gasteiger partial charge is 0.493 e. The summed E-state index contributed by atoms with van der Waals surface area (Å²) in [5, 5.41) is 11.7. The Morgan fingerprint density at radius 1 is 1.15 bits per heavy atom. The molecule has 0 aliphatic heterocycles. The first-order valence-electron chi connectivity index (χ1n) is 10.5. The van der Waals surface area contributed by atoms with Gasteiger partial charge in [-0.2, -0.15) is 0 Å². The fourth-order valence-electron chi connectivity index (χ4n) is 3.38. The molecular weight excluding hydrogens is 459 g/mol. The lowest BCUT2D eigenvalue weighted by atomic mass is 10.1. The molecule has 0 fully saturated rings. The molecule has 7 nitrogen and oxygen atoms in total. The molecule has 0 atom stereocenters. The van der Waals surface area contributed by atoms with Crippen LogP contribution < -0.4 is 9.47 Å². The molecule has 2 aromatic carbocycles. The van der Waals surface area contributed by atoms with Gasteiger partial charge in [-0.3, -0.25) is 4.79 Å². The van der Waals surface area contributed by atoms with Crippen LogP contribution >= 0.6 is 11.3 Å². The quantitative estimate of drug-likeness (QED) is 0.350. The molecule has 2 aromatic heterocycles. The van der Waals surface area contributed by atoms with Gasteiger partial charge in [0.25, 0.3) is 5.91 Å². The number of amides is 1. The van der Waals surface area contributed by atoms with Crippen molar-refractivity contribution < 1.29 is 28.2 Å². The molecule has 0 aliphatic carbocycles. The Hall–Kier alpha value is -3.69. The summed E-state index contributed by atoms with van der Waals surface area (Å²) in [6.45, 7) is 0.442. The highest BCUT2D eigenvalue weighted by Crippen LogP contribution is 2.30. The Balaban J connectivity index is 1.56. The zero-order chi connectivity index (χ0) is 23.9. The molecule has 2 heterocycles. The molecule has 1 amide bonds. The minimum absolute atomic E-state index is 0.0116. The van der Waals surface area contributed by atoms with E-state index in [0.29, 0.717) is 28.0 Å². The summed E-state index contributed by atoms with van der Waals surface area (Å²) in [5.74, 6) is 0.560. The van der Waals surface area contributed by atoms with Crippen molar-refractivity contribution in [1.29, 1.82) is 0 Å². The third-order valence-electron chi connectivity index (χ3n) is 5.03. The predicted molar refractivity (Wildman–Crippen MR) is 124 cm³/mol. The van der Waals surface area contributed by atoms with Gasteiger partial charge in [0.15, 0.2) is 11.5 Å². The highest BCUT2D eigenvalue weighted by molar-refractivity contribution is 7.09. The topological polar surface area (TPSA) is 85.0 Å². The summed E-state index contributed by atoms with van der Waals surface area (Å²) >= 11 is 1.39. The van der Waals surface area contributed by atoms with E-state index in [1.807, 2.05) is 6.07 Å². The highest BCUT2D eigenvalue weighted by atomic mass is 32.1. The molecule has 0 radical (unpaired) electrons. The SMILES string of the molecule is COc1ccc(CN(Cc2ccco2)C(=O)c2ccccc2F)cc1OCc1nc(CO)cs1. The van der Waals surface area contributed by atoms with E-state index in [0.717, 1.165) is 5.56 Å². The average Bonchev–Trinajstić information content (AvgIpc) is 3.54. The Bertz CT molecular complexity index is 1240. The van der Waals surface area contributed by atoms with Crippen LogP contribution in [-0.2, 0) is 26.3 Å². The van der Waals surface area contributed by atoms with Crippen molar-refractivity contribution in [3.63, 3.8) is 0 Å². The van der Waals surface area contributed by atoms with Crippen molar-refractivity contribution in [3.05, 3.63) is 99.6 Å². The number of benzene rings is 2. The Labute approximate surface area is 200 Å². The van der Waals surface area contributed by atoms with Crippen LogP contribution in [0, 0.1) is 5.82 Å². The van der Waals surface area contributed by atoms with E-state index in [-0.39, 0.29) is 31.9 Å². The van der Waals surface area contributed by atoms with Crippen molar-refractivity contribution >= 4 is 17.2 Å². The number of rotatable bonds is 10. The highest BCUT2D eigenvalue weighted by Gasteiger charge is 2.21. The van der Waals surface area contributed by atoms with E-state index in [4.69, 9.17) is 13.9 Å². The molecule has 9 heteroatoms. The van der Waals surface area contributed by atoms with Crippen LogP contribution in [0.4, 0.5) is 4.39 Å². The third kappa shape index (κ3) is 5.62. The first-order valence-corrected chi connectivity index (χ1v) is 11.4. The Kier molecular flexibility index (Phi) is 7.56. The molecule has 1 N–H and O–H groups in total. The summed E-state index contributed by atoms with van der Waals surface area (Å²) in [6.07, 6.45) is 1.53. The van der Waals surface area contributed by atoms with Crippen LogP contribution in [0.1, 0.15) is 32.4 Å². The molecule has 0 aliphatic rings. The van der Waals surface area contributed by atoms with Gasteiger partial charge in [-0.15, -0.1) is 11.3 Å². The minimum atomic E-state index is -0.582. The molecule has 0 spiro atoms. The van der Waals surface area contributed by atoms with Crippen LogP contribution in [0.25, 0.3) is 0 Å². The molecule has 4 aromatic rings. The number of ether oxygens (including phenoxy) is 2. The summed E-state index contributed by atoms with van der Waals surface area (Å²) < 4.78 is 31.1. The van der Waals surface area contributed by atoms with Gasteiger partial charge in [-0.1, -0.05) is 18.2 Å². The Morgan fingerprint density at radius 3 is 2.71 bits per heavy atom. The van der Waals surface area contributed by atoms with E-state index >= 15 is 0 Å². The second-order valence-corrected chi connectivity index (χ2v) is 8.33. The standard InChI is InChI=1S/C25H23FN2O5S/c1-31-22-9-8-17(11-23(22)33-15-24-27-18(14-29)16-34-24)12-28(13-19-5-4-10-32-19)25(30)20-6-2-3-7-21(20)26/h2-11,16,29H,12-15H2,1H3. The lowest BCUT2D eigenvalue weighted by Gasteiger charge is -2.23. The molecule has 0 bridgehead atoms. The minimum Gasteiger partial charge on any atom is -0.493 e. The van der Waals surface area contributed by atoms with Crippen LogP contribution in [0.15, 0.2) is 70.7 Å². The number of halogens is 1. The lowest BCUT2D eigenvalue weighted by molar-refractivity contribution is 0.0712. The van der Waals surface area contributed by atoms with Crippen LogP contribution in [0.2, 0.25) is 0 Å². The maximum Gasteiger partial charge on any atom is 0.257 e. The second-order valence-electron chi connectivity index (χ2n) is 7.39. The van der Waals surface area contributed by atoms with E-state index < -0.39 is 11.7 Å². The fourth-order valence-corrected chi connectivity index (χ4v) is 4.07. The number of nitrogens with zero attached hydrogens (tertiary/aromatic N) is 2. The third-order valence-corrected chi connectivity index (χ3v) is 5.90. The van der Waals surface area contributed by atoms with Crippen LogP contribution in [-0.4, -0.2) is 28.0 Å².